The maximum absolute atomic E-state index is 12.2. The van der Waals surface area contributed by atoms with Gasteiger partial charge in [0.15, 0.2) is 17.6 Å². The van der Waals surface area contributed by atoms with Crippen molar-refractivity contribution in [2.24, 2.45) is 0 Å². The number of hydrogen-bond donors (Lipinski definition) is 1. The lowest BCUT2D eigenvalue weighted by atomic mass is 10.1. The van der Waals surface area contributed by atoms with E-state index >= 15 is 0 Å². The smallest absolute Gasteiger partial charge is 0.331 e. The number of esters is 1. The summed E-state index contributed by atoms with van der Waals surface area (Å²) in [6.45, 7) is 1.46. The van der Waals surface area contributed by atoms with Gasteiger partial charge in [0.1, 0.15) is 0 Å². The minimum Gasteiger partial charge on any atom is -0.493 e. The van der Waals surface area contributed by atoms with E-state index in [1.54, 1.807) is 36.4 Å². The van der Waals surface area contributed by atoms with Gasteiger partial charge in [0.05, 0.1) is 25.9 Å². The van der Waals surface area contributed by atoms with E-state index in [2.05, 4.69) is 5.32 Å². The van der Waals surface area contributed by atoms with Crippen molar-refractivity contribution >= 4 is 23.6 Å². The van der Waals surface area contributed by atoms with Crippen LogP contribution in [0.15, 0.2) is 48.5 Å². The van der Waals surface area contributed by atoms with Crippen LogP contribution in [0.5, 0.6) is 11.5 Å². The fourth-order valence-electron chi connectivity index (χ4n) is 2.38. The first kappa shape index (κ1) is 20.5. The number of nitrogens with zero attached hydrogens (tertiary/aromatic N) is 1. The normalized spacial score (nSPS) is 11.4. The minimum atomic E-state index is -1.02. The number of carbonyl (C=O) groups excluding carboxylic acids is 2. The molecule has 0 aliphatic rings. The highest BCUT2D eigenvalue weighted by Gasteiger charge is 2.17. The standard InChI is InChI=1S/C21H20N2O5/c1-14(21(25)23-17-8-4-6-15(12-17)13-22)28-19(24)11-10-16-7-5-9-18(26-2)20(16)27-3/h4-12,14H,1-3H3,(H,23,25)/b11-10+/t14-/m1/s1. The van der Waals surface area contributed by atoms with E-state index in [0.717, 1.165) is 0 Å². The molecule has 1 N–H and O–H groups in total. The van der Waals surface area contributed by atoms with Crippen LogP contribution in [-0.4, -0.2) is 32.2 Å². The Morgan fingerprint density at radius 3 is 2.57 bits per heavy atom. The molecule has 7 nitrogen and oxygen atoms in total. The Balaban J connectivity index is 1.99. The maximum atomic E-state index is 12.2. The molecule has 144 valence electrons. The van der Waals surface area contributed by atoms with Crippen molar-refractivity contribution in [1.82, 2.24) is 0 Å². The number of benzene rings is 2. The molecule has 1 amide bonds. The highest BCUT2D eigenvalue weighted by molar-refractivity contribution is 5.96. The molecule has 0 saturated carbocycles. The van der Waals surface area contributed by atoms with Crippen LogP contribution in [0.4, 0.5) is 5.69 Å². The van der Waals surface area contributed by atoms with E-state index in [1.165, 1.54) is 39.4 Å². The first-order valence-electron chi connectivity index (χ1n) is 8.39. The number of methoxy groups -OCH3 is 2. The van der Waals surface area contributed by atoms with Gasteiger partial charge in [-0.2, -0.15) is 5.26 Å². The molecule has 2 aromatic carbocycles. The predicted molar refractivity (Wildman–Crippen MR) is 104 cm³/mol. The second-order valence-electron chi connectivity index (χ2n) is 5.68. The molecule has 0 spiro atoms. The van der Waals surface area contributed by atoms with Crippen LogP contribution < -0.4 is 14.8 Å². The first-order chi connectivity index (χ1) is 13.5. The molecule has 0 radical (unpaired) electrons. The molecule has 0 aromatic heterocycles. The van der Waals surface area contributed by atoms with E-state index in [0.29, 0.717) is 28.3 Å². The quantitative estimate of drug-likeness (QED) is 0.585. The molecule has 2 rings (SSSR count). The molecular formula is C21H20N2O5. The second-order valence-corrected chi connectivity index (χ2v) is 5.68. The van der Waals surface area contributed by atoms with Crippen molar-refractivity contribution in [2.75, 3.05) is 19.5 Å². The average molecular weight is 380 g/mol. The molecule has 0 unspecified atom stereocenters. The lowest BCUT2D eigenvalue weighted by Crippen LogP contribution is -2.29. The van der Waals surface area contributed by atoms with Gasteiger partial charge in [-0.3, -0.25) is 4.79 Å². The van der Waals surface area contributed by atoms with Crippen molar-refractivity contribution in [1.29, 1.82) is 5.26 Å². The van der Waals surface area contributed by atoms with Gasteiger partial charge in [-0.1, -0.05) is 18.2 Å². The summed E-state index contributed by atoms with van der Waals surface area (Å²) in [4.78, 5) is 24.2. The Morgan fingerprint density at radius 2 is 1.89 bits per heavy atom. The molecule has 0 aliphatic carbocycles. The lowest BCUT2D eigenvalue weighted by Gasteiger charge is -2.13. The van der Waals surface area contributed by atoms with Gasteiger partial charge < -0.3 is 19.5 Å². The third kappa shape index (κ3) is 5.35. The molecule has 0 fully saturated rings. The zero-order chi connectivity index (χ0) is 20.5. The van der Waals surface area contributed by atoms with E-state index in [1.807, 2.05) is 6.07 Å². The zero-order valence-electron chi connectivity index (χ0n) is 15.8. The van der Waals surface area contributed by atoms with Crippen molar-refractivity contribution in [2.45, 2.75) is 13.0 Å². The van der Waals surface area contributed by atoms with Crippen molar-refractivity contribution in [3.05, 3.63) is 59.7 Å². The topological polar surface area (TPSA) is 97.6 Å². The maximum Gasteiger partial charge on any atom is 0.331 e. The van der Waals surface area contributed by atoms with Gasteiger partial charge in [-0.25, -0.2) is 4.79 Å². The van der Waals surface area contributed by atoms with Crippen molar-refractivity contribution in [3.8, 4) is 17.6 Å². The number of hydrogen-bond acceptors (Lipinski definition) is 6. The van der Waals surface area contributed by atoms with Crippen LogP contribution in [-0.2, 0) is 14.3 Å². The summed E-state index contributed by atoms with van der Waals surface area (Å²) >= 11 is 0. The summed E-state index contributed by atoms with van der Waals surface area (Å²) in [5.41, 5.74) is 1.49. The number of nitriles is 1. The number of amides is 1. The number of ether oxygens (including phenoxy) is 3. The zero-order valence-corrected chi connectivity index (χ0v) is 15.8. The Bertz CT molecular complexity index is 931. The third-order valence-electron chi connectivity index (χ3n) is 3.75. The van der Waals surface area contributed by atoms with Crippen LogP contribution in [0, 0.1) is 11.3 Å². The first-order valence-corrected chi connectivity index (χ1v) is 8.39. The summed E-state index contributed by atoms with van der Waals surface area (Å²) in [7, 11) is 3.02. The largest absolute Gasteiger partial charge is 0.493 e. The van der Waals surface area contributed by atoms with Crippen LogP contribution in [0.3, 0.4) is 0 Å². The fourth-order valence-corrected chi connectivity index (χ4v) is 2.38. The van der Waals surface area contributed by atoms with Crippen molar-refractivity contribution in [3.63, 3.8) is 0 Å². The number of carbonyl (C=O) groups is 2. The monoisotopic (exact) mass is 380 g/mol. The van der Waals surface area contributed by atoms with Crippen LogP contribution in [0.2, 0.25) is 0 Å². The highest BCUT2D eigenvalue weighted by Crippen LogP contribution is 2.31. The number of para-hydroxylation sites is 1. The summed E-state index contributed by atoms with van der Waals surface area (Å²) in [6.07, 6.45) is 1.71. The second kappa shape index (κ2) is 9.78. The summed E-state index contributed by atoms with van der Waals surface area (Å²) < 4.78 is 15.6. The van der Waals surface area contributed by atoms with E-state index in [-0.39, 0.29) is 0 Å². The van der Waals surface area contributed by atoms with Gasteiger partial charge in [-0.15, -0.1) is 0 Å². The van der Waals surface area contributed by atoms with Gasteiger partial charge in [-0.05, 0) is 37.3 Å². The lowest BCUT2D eigenvalue weighted by molar-refractivity contribution is -0.148. The van der Waals surface area contributed by atoms with Gasteiger partial charge in [0, 0.05) is 17.3 Å². The van der Waals surface area contributed by atoms with Crippen LogP contribution >= 0.6 is 0 Å². The minimum absolute atomic E-state index is 0.414. The average Bonchev–Trinajstić information content (AvgIpc) is 2.71. The number of nitrogens with one attached hydrogen (secondary N) is 1. The molecule has 1 atom stereocenters. The Kier molecular flexibility index (Phi) is 7.17. The Morgan fingerprint density at radius 1 is 1.14 bits per heavy atom. The van der Waals surface area contributed by atoms with Gasteiger partial charge >= 0.3 is 5.97 Å². The van der Waals surface area contributed by atoms with Crippen LogP contribution in [0.1, 0.15) is 18.1 Å². The molecule has 7 heteroatoms. The van der Waals surface area contributed by atoms with E-state index in [9.17, 15) is 9.59 Å². The van der Waals surface area contributed by atoms with E-state index < -0.39 is 18.0 Å². The molecule has 2 aromatic rings. The summed E-state index contributed by atoms with van der Waals surface area (Å²) in [6, 6.07) is 13.7. The van der Waals surface area contributed by atoms with Gasteiger partial charge in [0.25, 0.3) is 5.91 Å². The Hall–Kier alpha value is -3.79. The van der Waals surface area contributed by atoms with E-state index in [4.69, 9.17) is 19.5 Å². The highest BCUT2D eigenvalue weighted by atomic mass is 16.5. The molecule has 0 bridgehead atoms. The molecular weight excluding hydrogens is 360 g/mol. The summed E-state index contributed by atoms with van der Waals surface area (Å²) in [5.74, 6) is -0.170. The third-order valence-corrected chi connectivity index (χ3v) is 3.75. The van der Waals surface area contributed by atoms with Crippen LogP contribution in [0.25, 0.3) is 6.08 Å². The van der Waals surface area contributed by atoms with Gasteiger partial charge in [0.2, 0.25) is 0 Å². The number of rotatable bonds is 7. The summed E-state index contributed by atoms with van der Waals surface area (Å²) in [5, 5.41) is 11.5. The SMILES string of the molecule is COc1cccc(/C=C/C(=O)O[C@H](C)C(=O)Nc2cccc(C#N)c2)c1OC. The number of anilines is 1. The predicted octanol–water partition coefficient (Wildman–Crippen LogP) is 3.16. The molecule has 28 heavy (non-hydrogen) atoms. The fraction of sp³-hybridized carbons (Fsp3) is 0.190. The molecule has 0 heterocycles. The van der Waals surface area contributed by atoms with Crippen molar-refractivity contribution < 1.29 is 23.8 Å². The Labute approximate surface area is 163 Å². The molecule has 0 saturated heterocycles. The molecule has 0 aliphatic heterocycles.